The van der Waals surface area contributed by atoms with E-state index >= 15 is 0 Å². The molecule has 23 heteroatoms. The van der Waals surface area contributed by atoms with Crippen LogP contribution in [0.1, 0.15) is 81.0 Å². The Morgan fingerprint density at radius 3 is 2.17 bits per heavy atom. The fourth-order valence-corrected chi connectivity index (χ4v) is 9.35. The van der Waals surface area contributed by atoms with Crippen molar-refractivity contribution in [3.63, 3.8) is 0 Å². The summed E-state index contributed by atoms with van der Waals surface area (Å²) in [6.07, 6.45) is 3.92. The molecule has 3 aliphatic heterocycles. The summed E-state index contributed by atoms with van der Waals surface area (Å²) in [4.78, 5) is 85.9. The van der Waals surface area contributed by atoms with Crippen molar-refractivity contribution in [1.29, 1.82) is 0 Å². The second-order valence-electron chi connectivity index (χ2n) is 16.8. The number of unbranched alkanes of at least 4 members (excludes halogenated alkanes) is 2. The molecule has 0 bridgehead atoms. The Kier molecular flexibility index (Phi) is 22.9. The molecule has 5 rings (SSSR count). The van der Waals surface area contributed by atoms with Crippen molar-refractivity contribution in [2.45, 2.75) is 94.0 Å². The van der Waals surface area contributed by atoms with Crippen molar-refractivity contribution in [3.8, 4) is 17.2 Å². The molecule has 3 heterocycles. The number of carbonyl (C=O) groups excluding carboxylic acids is 7. The minimum Gasteiger partial charge on any atom is -0.618 e. The Bertz CT molecular complexity index is 2250. The number of amides is 7. The normalized spacial score (nSPS) is 16.9. The molecule has 0 aromatic heterocycles. The maximum atomic E-state index is 13.2. The second-order valence-corrected chi connectivity index (χ2v) is 18.1. The molecule has 2 saturated heterocycles. The second kappa shape index (κ2) is 29.2. The Morgan fingerprint density at radius 2 is 1.47 bits per heavy atom. The first-order valence-electron chi connectivity index (χ1n) is 23.7. The van der Waals surface area contributed by atoms with Gasteiger partial charge in [-0.1, -0.05) is 13.0 Å². The Labute approximate surface area is 410 Å². The monoisotopic (exact) mass is 998 g/mol. The van der Waals surface area contributed by atoms with Crippen LogP contribution in [0.3, 0.4) is 0 Å². The van der Waals surface area contributed by atoms with Gasteiger partial charge in [0.05, 0.1) is 71.0 Å². The molecule has 4 atom stereocenters. The number of primary amides is 1. The summed E-state index contributed by atoms with van der Waals surface area (Å²) in [6.45, 7) is 6.58. The summed E-state index contributed by atoms with van der Waals surface area (Å²) in [5.74, 6) is -1.72. The molecule has 22 nitrogen and oxygen atoms in total. The fourth-order valence-electron chi connectivity index (χ4n) is 7.81. The van der Waals surface area contributed by atoms with Gasteiger partial charge >= 0.3 is 6.03 Å². The number of phenols is 1. The molecule has 0 aliphatic carbocycles. The Hall–Kier alpha value is -6.01. The summed E-state index contributed by atoms with van der Waals surface area (Å²) in [5, 5.41) is 41.7. The van der Waals surface area contributed by atoms with Crippen molar-refractivity contribution in [3.05, 3.63) is 51.7 Å². The van der Waals surface area contributed by atoms with E-state index in [1.54, 1.807) is 18.2 Å². The lowest BCUT2D eigenvalue weighted by Crippen LogP contribution is -2.41. The summed E-state index contributed by atoms with van der Waals surface area (Å²) in [5.41, 5.74) is 5.07. The largest absolute Gasteiger partial charge is 0.618 e. The Balaban J connectivity index is 0.835. The van der Waals surface area contributed by atoms with Crippen LogP contribution in [0.4, 0.5) is 10.5 Å². The van der Waals surface area contributed by atoms with E-state index in [-0.39, 0.29) is 148 Å². The molecule has 2 aromatic rings. The maximum Gasteiger partial charge on any atom is 0.315 e. The molecule has 70 heavy (non-hydrogen) atoms. The molecule has 9 N–H and O–H groups in total. The first-order valence-corrected chi connectivity index (χ1v) is 24.7. The summed E-state index contributed by atoms with van der Waals surface area (Å²) >= 11 is 1.87. The van der Waals surface area contributed by atoms with Gasteiger partial charge in [0.2, 0.25) is 35.1 Å². The topological polar surface area (TPSA) is 310 Å². The van der Waals surface area contributed by atoms with Gasteiger partial charge in [0.25, 0.3) is 17.0 Å². The highest BCUT2D eigenvalue weighted by Gasteiger charge is 2.42. The van der Waals surface area contributed by atoms with Crippen molar-refractivity contribution in [2.75, 3.05) is 78.2 Å². The van der Waals surface area contributed by atoms with Crippen LogP contribution >= 0.6 is 11.8 Å². The van der Waals surface area contributed by atoms with Crippen LogP contribution in [-0.2, 0) is 42.9 Å². The molecule has 7 amide bonds. The number of hydrogen-bond donors (Lipinski definition) is 8. The van der Waals surface area contributed by atoms with Gasteiger partial charge < -0.3 is 71.6 Å². The van der Waals surface area contributed by atoms with Gasteiger partial charge in [-0.15, -0.1) is 0 Å². The third-order valence-electron chi connectivity index (χ3n) is 11.5. The van der Waals surface area contributed by atoms with Crippen LogP contribution in [0.2, 0.25) is 0 Å². The molecule has 3 aliphatic rings. The number of benzene rings is 2. The lowest BCUT2D eigenvalue weighted by Gasteiger charge is -2.19. The average Bonchev–Trinajstić information content (AvgIpc) is 3.89. The number of hydrogen-bond acceptors (Lipinski definition) is 15. The van der Waals surface area contributed by atoms with Crippen LogP contribution in [0.5, 0.6) is 17.2 Å². The van der Waals surface area contributed by atoms with Crippen LogP contribution < -0.4 is 57.7 Å². The minimum atomic E-state index is -0.904. The molecule has 0 spiro atoms. The predicted octanol–water partition coefficient (Wildman–Crippen LogP) is 0.253. The number of Topliss-reactive ketones (excluding diaryl/α,β-unsaturated/α-hetero) is 1. The minimum absolute atomic E-state index is 0.0172. The van der Waals surface area contributed by atoms with Crippen molar-refractivity contribution < 1.29 is 62.4 Å². The number of nitrogens with two attached hydrogens (primary N) is 1. The number of nitrogens with one attached hydrogen (secondary N) is 6. The number of ether oxygens (including phenoxy) is 5. The molecule has 2 aromatic carbocycles. The fraction of sp³-hybridized carbons (Fsp3) is 0.574. The maximum absolute atomic E-state index is 13.2. The van der Waals surface area contributed by atoms with E-state index in [1.807, 2.05) is 11.8 Å². The van der Waals surface area contributed by atoms with Gasteiger partial charge in [0.1, 0.15) is 11.3 Å². The third kappa shape index (κ3) is 18.1. The molecular formula is C47H66N8O14S. The van der Waals surface area contributed by atoms with E-state index in [0.29, 0.717) is 60.8 Å². The standard InChI is InChI=1S/C47H66N8O14S/c1-30-9-10-33-37(28-30)69-45-34(55(33)64)11-12-36(57)43(45)46(62)51-17-5-4-6-31(35(56)13-14-39(48)58)52-42(61)16-21-66-25-27-68-23-19-50-41(60)15-20-65-24-26-67-22-18-49-40(59)8-3-2-7-38-44-32(29-70-38)53-47(63)54-44/h9-12,28,31-32,38,44,57H,1-8,13-27,29H2,(H2,48,58)(H,49,59)(H,50,60)(H,51,62)(H,52,61)(H2,53,54,63)/t31-,32-,38-,44-/m0/s1. The summed E-state index contributed by atoms with van der Waals surface area (Å²) in [7, 11) is 0. The number of nitrogens with zero attached hydrogens (tertiary/aromatic N) is 1. The van der Waals surface area contributed by atoms with Crippen LogP contribution in [-0.4, -0.2) is 148 Å². The number of carbonyl (C=O) groups is 7. The van der Waals surface area contributed by atoms with E-state index in [2.05, 4.69) is 38.5 Å². The van der Waals surface area contributed by atoms with Gasteiger partial charge in [-0.2, -0.15) is 16.5 Å². The number of urea groups is 1. The lowest BCUT2D eigenvalue weighted by atomic mass is 10.0. The zero-order chi connectivity index (χ0) is 50.3. The number of thioether (sulfide) groups is 1. The third-order valence-corrected chi connectivity index (χ3v) is 13.0. The lowest BCUT2D eigenvalue weighted by molar-refractivity contribution is -0.129. The Morgan fingerprint density at radius 1 is 0.800 bits per heavy atom. The van der Waals surface area contributed by atoms with Crippen molar-refractivity contribution in [1.82, 2.24) is 36.6 Å². The highest BCUT2D eigenvalue weighted by Crippen LogP contribution is 2.40. The van der Waals surface area contributed by atoms with E-state index < -0.39 is 23.8 Å². The van der Waals surface area contributed by atoms with E-state index in [1.165, 1.54) is 12.1 Å². The van der Waals surface area contributed by atoms with E-state index in [4.69, 9.17) is 29.4 Å². The zero-order valence-electron chi connectivity index (χ0n) is 39.4. The molecular weight excluding hydrogens is 933 g/mol. The summed E-state index contributed by atoms with van der Waals surface area (Å²) in [6, 6.07) is 6.73. The van der Waals surface area contributed by atoms with E-state index in [0.717, 1.165) is 25.0 Å². The number of fused-ring (bicyclic) bond motifs is 3. The first-order chi connectivity index (χ1) is 33.8. The number of ketones is 1. The van der Waals surface area contributed by atoms with Gasteiger partial charge in [-0.25, -0.2) is 4.79 Å². The van der Waals surface area contributed by atoms with Crippen LogP contribution in [0.25, 0.3) is 6.58 Å². The van der Waals surface area contributed by atoms with Gasteiger partial charge in [0, 0.05) is 74.9 Å². The highest BCUT2D eigenvalue weighted by molar-refractivity contribution is 8.00. The molecule has 0 saturated carbocycles. The van der Waals surface area contributed by atoms with E-state index in [9.17, 15) is 43.9 Å². The predicted molar refractivity (Wildman–Crippen MR) is 258 cm³/mol. The van der Waals surface area contributed by atoms with Crippen molar-refractivity contribution in [2.24, 2.45) is 5.73 Å². The number of phenolic OH excluding ortho intramolecular Hbond substituents is 1. The number of aromatic hydroxyl groups is 1. The quantitative estimate of drug-likeness (QED) is 0.0202. The smallest absolute Gasteiger partial charge is 0.315 e. The van der Waals surface area contributed by atoms with Gasteiger partial charge in [-0.05, 0) is 55.5 Å². The van der Waals surface area contributed by atoms with Crippen LogP contribution in [0, 0.1) is 5.21 Å². The molecule has 0 radical (unpaired) electrons. The molecule has 0 unspecified atom stereocenters. The zero-order valence-corrected chi connectivity index (χ0v) is 40.2. The SMILES string of the molecule is C=c1ccc2c(c1)Oc1c(ccc(O)c1C(=O)NCCCC[C@H](NC(=O)CCOCCOCCNC(=O)CCOCCOCCNC(=O)CCCC[C@@H]1SC[C@@H]3NC(=O)N[C@@H]31)C(=O)CCC(N)=O)[N+]=2[O-]. The van der Waals surface area contributed by atoms with Gasteiger partial charge in [0.15, 0.2) is 5.78 Å². The summed E-state index contributed by atoms with van der Waals surface area (Å²) < 4.78 is 28.4. The van der Waals surface area contributed by atoms with Gasteiger partial charge in [-0.3, -0.25) is 28.8 Å². The molecule has 2 fully saturated rings. The first kappa shape index (κ1) is 54.9. The highest BCUT2D eigenvalue weighted by atomic mass is 32.2. The average molecular weight is 999 g/mol. The van der Waals surface area contributed by atoms with Crippen LogP contribution in [0.15, 0.2) is 30.3 Å². The van der Waals surface area contributed by atoms with Crippen molar-refractivity contribution >= 4 is 65.4 Å². The number of rotatable bonds is 34. The molecule has 384 valence electrons.